The number of anilines is 1. The molecule has 4 rings (SSSR count). The second-order valence-electron chi connectivity index (χ2n) is 8.10. The Morgan fingerprint density at radius 2 is 1.56 bits per heavy atom. The van der Waals surface area contributed by atoms with Crippen LogP contribution >= 0.6 is 0 Å². The van der Waals surface area contributed by atoms with Crippen LogP contribution in [0.2, 0.25) is 0 Å². The van der Waals surface area contributed by atoms with Gasteiger partial charge in [-0.15, -0.1) is 0 Å². The molecule has 0 heterocycles. The lowest BCUT2D eigenvalue weighted by molar-refractivity contribution is 0.0696. The SMILES string of the molecule is Cc1cc(C)c(S(=O)(=O)/N=C2\C=C(Nc3cccc(C(=O)O)c3)C(=O)c3ccccc32)cc1C. The molecule has 0 saturated carbocycles. The van der Waals surface area contributed by atoms with Gasteiger partial charge < -0.3 is 10.4 Å². The number of sulfonamides is 1. The number of benzene rings is 3. The Kier molecular flexibility index (Phi) is 5.93. The first-order valence-electron chi connectivity index (χ1n) is 10.5. The summed E-state index contributed by atoms with van der Waals surface area (Å²) in [5.74, 6) is -1.45. The van der Waals surface area contributed by atoms with Crippen LogP contribution in [0.3, 0.4) is 0 Å². The van der Waals surface area contributed by atoms with Crippen LogP contribution in [-0.4, -0.2) is 31.0 Å². The summed E-state index contributed by atoms with van der Waals surface area (Å²) in [6, 6.07) is 16.0. The van der Waals surface area contributed by atoms with Crippen molar-refractivity contribution in [3.63, 3.8) is 0 Å². The molecule has 3 aromatic rings. The monoisotopic (exact) mass is 474 g/mol. The van der Waals surface area contributed by atoms with Crippen molar-refractivity contribution in [2.24, 2.45) is 4.40 Å². The minimum Gasteiger partial charge on any atom is -0.478 e. The van der Waals surface area contributed by atoms with Crippen molar-refractivity contribution in [1.29, 1.82) is 0 Å². The number of hydrogen-bond acceptors (Lipinski definition) is 5. The normalized spacial score (nSPS) is 14.5. The summed E-state index contributed by atoms with van der Waals surface area (Å²) in [7, 11) is -4.08. The van der Waals surface area contributed by atoms with Gasteiger partial charge in [0.15, 0.2) is 0 Å². The van der Waals surface area contributed by atoms with Crippen LogP contribution in [0.4, 0.5) is 5.69 Å². The molecule has 0 bridgehead atoms. The number of carbonyl (C=O) groups is 2. The molecule has 1 aliphatic carbocycles. The highest BCUT2D eigenvalue weighted by Gasteiger charge is 2.27. The Morgan fingerprint density at radius 1 is 0.882 bits per heavy atom. The molecule has 8 heteroatoms. The molecule has 0 unspecified atom stereocenters. The van der Waals surface area contributed by atoms with E-state index in [1.165, 1.54) is 18.2 Å². The maximum Gasteiger partial charge on any atom is 0.335 e. The van der Waals surface area contributed by atoms with Gasteiger partial charge in [-0.05, 0) is 67.8 Å². The molecule has 3 aromatic carbocycles. The van der Waals surface area contributed by atoms with Gasteiger partial charge in [0.05, 0.1) is 21.9 Å². The number of nitrogens with zero attached hydrogens (tertiary/aromatic N) is 1. The van der Waals surface area contributed by atoms with Crippen LogP contribution in [0.15, 0.2) is 81.7 Å². The molecular weight excluding hydrogens is 452 g/mol. The van der Waals surface area contributed by atoms with E-state index in [9.17, 15) is 23.1 Å². The number of nitrogens with one attached hydrogen (secondary N) is 1. The van der Waals surface area contributed by atoms with Crippen LogP contribution in [0.5, 0.6) is 0 Å². The third-order valence-electron chi connectivity index (χ3n) is 5.65. The van der Waals surface area contributed by atoms with Crippen LogP contribution in [0.25, 0.3) is 0 Å². The minimum atomic E-state index is -4.08. The molecule has 0 radical (unpaired) electrons. The highest BCUT2D eigenvalue weighted by molar-refractivity contribution is 7.90. The van der Waals surface area contributed by atoms with Gasteiger partial charge in [0.1, 0.15) is 0 Å². The molecule has 0 aliphatic heterocycles. The maximum absolute atomic E-state index is 13.3. The number of rotatable bonds is 5. The van der Waals surface area contributed by atoms with Gasteiger partial charge in [0.25, 0.3) is 10.0 Å². The van der Waals surface area contributed by atoms with Gasteiger partial charge >= 0.3 is 5.97 Å². The highest BCUT2D eigenvalue weighted by Crippen LogP contribution is 2.27. The molecule has 0 aromatic heterocycles. The average Bonchev–Trinajstić information content (AvgIpc) is 2.79. The fraction of sp³-hybridized carbons (Fsp3) is 0.115. The van der Waals surface area contributed by atoms with E-state index >= 15 is 0 Å². The zero-order valence-electron chi connectivity index (χ0n) is 18.8. The Bertz CT molecular complexity index is 1520. The number of carboxylic acid groups (broad SMARTS) is 1. The number of allylic oxidation sites excluding steroid dienone is 2. The summed E-state index contributed by atoms with van der Waals surface area (Å²) in [6.45, 7) is 5.46. The van der Waals surface area contributed by atoms with E-state index in [-0.39, 0.29) is 27.7 Å². The van der Waals surface area contributed by atoms with Gasteiger partial charge in [0, 0.05) is 16.8 Å². The van der Waals surface area contributed by atoms with Crippen molar-refractivity contribution in [3.05, 3.63) is 106 Å². The summed E-state index contributed by atoms with van der Waals surface area (Å²) in [6.07, 6.45) is 1.38. The van der Waals surface area contributed by atoms with E-state index in [1.807, 2.05) is 13.8 Å². The minimum absolute atomic E-state index is 0.0518. The number of fused-ring (bicyclic) bond motifs is 1. The molecule has 0 fully saturated rings. The molecule has 2 N–H and O–H groups in total. The first-order valence-corrected chi connectivity index (χ1v) is 11.9. The Hall–Kier alpha value is -4.04. The second-order valence-corrected chi connectivity index (χ2v) is 9.67. The number of carbonyl (C=O) groups excluding carboxylic acids is 1. The Labute approximate surface area is 197 Å². The van der Waals surface area contributed by atoms with Crippen molar-refractivity contribution in [2.45, 2.75) is 25.7 Å². The predicted molar refractivity (Wildman–Crippen MR) is 130 cm³/mol. The van der Waals surface area contributed by atoms with Gasteiger partial charge in [-0.1, -0.05) is 36.4 Å². The molecule has 7 nitrogen and oxygen atoms in total. The summed E-state index contributed by atoms with van der Waals surface area (Å²) >= 11 is 0. The third-order valence-corrected chi connectivity index (χ3v) is 7.08. The number of ketones is 1. The van der Waals surface area contributed by atoms with E-state index in [0.717, 1.165) is 11.1 Å². The lowest BCUT2D eigenvalue weighted by Crippen LogP contribution is -2.22. The van der Waals surface area contributed by atoms with E-state index in [4.69, 9.17) is 0 Å². The third kappa shape index (κ3) is 4.40. The molecule has 34 heavy (non-hydrogen) atoms. The van der Waals surface area contributed by atoms with E-state index in [2.05, 4.69) is 9.71 Å². The molecule has 0 amide bonds. The summed E-state index contributed by atoms with van der Waals surface area (Å²) in [5, 5.41) is 12.2. The van der Waals surface area contributed by atoms with Crippen LogP contribution in [-0.2, 0) is 10.0 Å². The van der Waals surface area contributed by atoms with Crippen molar-refractivity contribution in [2.75, 3.05) is 5.32 Å². The lowest BCUT2D eigenvalue weighted by atomic mass is 9.92. The smallest absolute Gasteiger partial charge is 0.335 e. The van der Waals surface area contributed by atoms with Crippen LogP contribution < -0.4 is 5.32 Å². The van der Waals surface area contributed by atoms with E-state index < -0.39 is 16.0 Å². The van der Waals surface area contributed by atoms with Gasteiger partial charge in [-0.25, -0.2) is 4.79 Å². The summed E-state index contributed by atoms with van der Waals surface area (Å²) in [5.41, 5.74) is 3.74. The van der Waals surface area contributed by atoms with Crippen molar-refractivity contribution >= 4 is 33.2 Å². The van der Waals surface area contributed by atoms with Crippen LogP contribution in [0.1, 0.15) is 43.0 Å². The zero-order chi connectivity index (χ0) is 24.6. The molecule has 0 saturated heterocycles. The maximum atomic E-state index is 13.3. The highest BCUT2D eigenvalue weighted by atomic mass is 32.2. The zero-order valence-corrected chi connectivity index (χ0v) is 19.6. The number of hydrogen-bond donors (Lipinski definition) is 2. The average molecular weight is 475 g/mol. The standard InChI is InChI=1S/C26H22N2O5S/c1-15-11-17(3)24(12-16(15)2)34(32,33)28-22-14-23(25(29)21-10-5-4-9-20(21)22)27-19-8-6-7-18(13-19)26(30)31/h4-14,27H,1-3H3,(H,30,31)/b28-22+. The van der Waals surface area contributed by atoms with E-state index in [1.54, 1.807) is 55.5 Å². The molecule has 0 spiro atoms. The summed E-state index contributed by atoms with van der Waals surface area (Å²) in [4.78, 5) is 24.5. The van der Waals surface area contributed by atoms with Gasteiger partial charge in [-0.3, -0.25) is 4.79 Å². The molecule has 1 aliphatic rings. The Balaban J connectivity index is 1.83. The largest absolute Gasteiger partial charge is 0.478 e. The molecule has 172 valence electrons. The molecular formula is C26H22N2O5S. The van der Waals surface area contributed by atoms with E-state index in [0.29, 0.717) is 22.4 Å². The van der Waals surface area contributed by atoms with Gasteiger partial charge in [-0.2, -0.15) is 12.8 Å². The first-order chi connectivity index (χ1) is 16.1. The fourth-order valence-electron chi connectivity index (χ4n) is 3.77. The quantitative estimate of drug-likeness (QED) is 0.555. The van der Waals surface area contributed by atoms with Crippen molar-refractivity contribution < 1.29 is 23.1 Å². The number of aryl methyl sites for hydroxylation is 3. The number of aromatic carboxylic acids is 1. The second kappa shape index (κ2) is 8.72. The Morgan fingerprint density at radius 3 is 2.26 bits per heavy atom. The topological polar surface area (TPSA) is 113 Å². The number of Topliss-reactive ketones (excluding diaryl/α,β-unsaturated/α-hetero) is 1. The fourth-order valence-corrected chi connectivity index (χ4v) is 5.07. The van der Waals surface area contributed by atoms with Crippen molar-refractivity contribution in [3.8, 4) is 0 Å². The lowest BCUT2D eigenvalue weighted by Gasteiger charge is -2.19. The number of carboxylic acids is 1. The predicted octanol–water partition coefficient (Wildman–Crippen LogP) is 4.68. The van der Waals surface area contributed by atoms with Crippen molar-refractivity contribution in [1.82, 2.24) is 0 Å². The first kappa shape index (κ1) is 23.1. The van der Waals surface area contributed by atoms with Crippen LogP contribution in [0, 0.1) is 20.8 Å². The summed E-state index contributed by atoms with van der Waals surface area (Å²) < 4.78 is 30.7. The van der Waals surface area contributed by atoms with Gasteiger partial charge in [0.2, 0.25) is 5.78 Å². The molecule has 0 atom stereocenters.